The van der Waals surface area contributed by atoms with E-state index in [1.807, 2.05) is 18.8 Å². The standard InChI is InChI=1S/C13H20ClNS/c1-9(15-5)11-7-6-10(8-12(11)14)16-13(2,3)4/h6-9,15H,1-5H3. The Morgan fingerprint density at radius 1 is 1.31 bits per heavy atom. The number of rotatable bonds is 3. The third kappa shape index (κ3) is 4.00. The average Bonchev–Trinajstić information content (AvgIpc) is 2.14. The molecule has 0 radical (unpaired) electrons. The van der Waals surface area contributed by atoms with E-state index in [2.05, 4.69) is 51.2 Å². The molecule has 1 rings (SSSR count). The summed E-state index contributed by atoms with van der Waals surface area (Å²) < 4.78 is 0.222. The van der Waals surface area contributed by atoms with Crippen molar-refractivity contribution in [2.24, 2.45) is 0 Å². The third-order valence-corrected chi connectivity index (χ3v) is 3.72. The summed E-state index contributed by atoms with van der Waals surface area (Å²) in [7, 11) is 1.94. The van der Waals surface area contributed by atoms with E-state index in [4.69, 9.17) is 11.6 Å². The molecule has 0 heterocycles. The molecule has 1 aromatic carbocycles. The number of hydrogen-bond acceptors (Lipinski definition) is 2. The summed E-state index contributed by atoms with van der Waals surface area (Å²) in [5.74, 6) is 0. The molecule has 0 spiro atoms. The van der Waals surface area contributed by atoms with E-state index < -0.39 is 0 Å². The number of halogens is 1. The van der Waals surface area contributed by atoms with Gasteiger partial charge in [0.25, 0.3) is 0 Å². The molecule has 0 saturated heterocycles. The molecule has 0 aliphatic heterocycles. The van der Waals surface area contributed by atoms with E-state index in [0.29, 0.717) is 6.04 Å². The fourth-order valence-electron chi connectivity index (χ4n) is 1.43. The van der Waals surface area contributed by atoms with E-state index in [0.717, 1.165) is 10.6 Å². The first-order chi connectivity index (χ1) is 7.33. The number of benzene rings is 1. The topological polar surface area (TPSA) is 12.0 Å². The van der Waals surface area contributed by atoms with Gasteiger partial charge in [-0.1, -0.05) is 38.4 Å². The molecule has 1 aromatic rings. The zero-order valence-corrected chi connectivity index (χ0v) is 12.2. The van der Waals surface area contributed by atoms with Crippen molar-refractivity contribution in [3.05, 3.63) is 28.8 Å². The van der Waals surface area contributed by atoms with Gasteiger partial charge in [0.15, 0.2) is 0 Å². The molecule has 0 aromatic heterocycles. The van der Waals surface area contributed by atoms with Crippen LogP contribution in [-0.4, -0.2) is 11.8 Å². The molecule has 1 unspecified atom stereocenters. The smallest absolute Gasteiger partial charge is 0.0464 e. The van der Waals surface area contributed by atoms with Gasteiger partial charge in [0, 0.05) is 20.7 Å². The largest absolute Gasteiger partial charge is 0.313 e. The van der Waals surface area contributed by atoms with Crippen LogP contribution in [0.15, 0.2) is 23.1 Å². The summed E-state index contributed by atoms with van der Waals surface area (Å²) >= 11 is 8.12. The van der Waals surface area contributed by atoms with Crippen LogP contribution in [0.1, 0.15) is 39.3 Å². The van der Waals surface area contributed by atoms with Crippen molar-refractivity contribution in [2.45, 2.75) is 43.4 Å². The van der Waals surface area contributed by atoms with Gasteiger partial charge in [-0.05, 0) is 31.7 Å². The first-order valence-electron chi connectivity index (χ1n) is 5.49. The highest BCUT2D eigenvalue weighted by Crippen LogP contribution is 2.35. The molecule has 0 amide bonds. The Balaban J connectivity index is 2.91. The molecule has 90 valence electrons. The minimum atomic E-state index is 0.222. The molecular weight excluding hydrogens is 238 g/mol. The minimum Gasteiger partial charge on any atom is -0.313 e. The molecule has 3 heteroatoms. The molecule has 0 aliphatic rings. The summed E-state index contributed by atoms with van der Waals surface area (Å²) in [6.07, 6.45) is 0. The summed E-state index contributed by atoms with van der Waals surface area (Å²) in [4.78, 5) is 1.23. The van der Waals surface area contributed by atoms with E-state index in [-0.39, 0.29) is 4.75 Å². The summed E-state index contributed by atoms with van der Waals surface area (Å²) in [5, 5.41) is 4.04. The normalized spacial score (nSPS) is 13.9. The lowest BCUT2D eigenvalue weighted by molar-refractivity contribution is 0.652. The van der Waals surface area contributed by atoms with Gasteiger partial charge in [-0.2, -0.15) is 0 Å². The Hall–Kier alpha value is -0.180. The maximum Gasteiger partial charge on any atom is 0.0464 e. The van der Waals surface area contributed by atoms with Crippen molar-refractivity contribution in [3.8, 4) is 0 Å². The lowest BCUT2D eigenvalue weighted by Gasteiger charge is -2.19. The maximum atomic E-state index is 6.28. The minimum absolute atomic E-state index is 0.222. The second kappa shape index (κ2) is 5.44. The van der Waals surface area contributed by atoms with Gasteiger partial charge < -0.3 is 5.32 Å². The highest BCUT2D eigenvalue weighted by molar-refractivity contribution is 8.00. The molecule has 0 aliphatic carbocycles. The van der Waals surface area contributed by atoms with E-state index >= 15 is 0 Å². The zero-order chi connectivity index (χ0) is 12.3. The summed E-state index contributed by atoms with van der Waals surface area (Å²) in [6.45, 7) is 8.72. The Kier molecular flexibility index (Phi) is 4.72. The Morgan fingerprint density at radius 2 is 1.94 bits per heavy atom. The first-order valence-corrected chi connectivity index (χ1v) is 6.68. The van der Waals surface area contributed by atoms with Crippen LogP contribution in [0.2, 0.25) is 5.02 Å². The molecular formula is C13H20ClNS. The van der Waals surface area contributed by atoms with Gasteiger partial charge in [0.1, 0.15) is 0 Å². The summed E-state index contributed by atoms with van der Waals surface area (Å²) in [5.41, 5.74) is 1.16. The zero-order valence-electron chi connectivity index (χ0n) is 10.6. The van der Waals surface area contributed by atoms with Crippen molar-refractivity contribution in [1.82, 2.24) is 5.32 Å². The lowest BCUT2D eigenvalue weighted by Crippen LogP contribution is -2.13. The maximum absolute atomic E-state index is 6.28. The quantitative estimate of drug-likeness (QED) is 0.800. The van der Waals surface area contributed by atoms with Gasteiger partial charge >= 0.3 is 0 Å². The lowest BCUT2D eigenvalue weighted by atomic mass is 10.1. The van der Waals surface area contributed by atoms with Crippen molar-refractivity contribution in [1.29, 1.82) is 0 Å². The van der Waals surface area contributed by atoms with Crippen molar-refractivity contribution < 1.29 is 0 Å². The highest BCUT2D eigenvalue weighted by Gasteiger charge is 2.14. The second-order valence-electron chi connectivity index (χ2n) is 4.91. The van der Waals surface area contributed by atoms with E-state index in [9.17, 15) is 0 Å². The van der Waals surface area contributed by atoms with E-state index in [1.165, 1.54) is 4.90 Å². The van der Waals surface area contributed by atoms with Gasteiger partial charge in [-0.3, -0.25) is 0 Å². The predicted octanol–water partition coefficient (Wildman–Crippen LogP) is 4.51. The highest BCUT2D eigenvalue weighted by atomic mass is 35.5. The van der Waals surface area contributed by atoms with Crippen molar-refractivity contribution in [2.75, 3.05) is 7.05 Å². The van der Waals surface area contributed by atoms with Crippen LogP contribution in [-0.2, 0) is 0 Å². The summed E-state index contributed by atoms with van der Waals surface area (Å²) in [6, 6.07) is 6.60. The molecule has 1 N–H and O–H groups in total. The number of thioether (sulfide) groups is 1. The van der Waals surface area contributed by atoms with Gasteiger partial charge in [0.2, 0.25) is 0 Å². The van der Waals surface area contributed by atoms with Crippen LogP contribution in [0.25, 0.3) is 0 Å². The SMILES string of the molecule is CNC(C)c1ccc(SC(C)(C)C)cc1Cl. The molecule has 1 atom stereocenters. The van der Waals surface area contributed by atoms with Crippen molar-refractivity contribution in [3.63, 3.8) is 0 Å². The Bertz CT molecular complexity index is 357. The molecule has 16 heavy (non-hydrogen) atoms. The van der Waals surface area contributed by atoms with Crippen LogP contribution >= 0.6 is 23.4 Å². The first kappa shape index (κ1) is 13.9. The average molecular weight is 258 g/mol. The Morgan fingerprint density at radius 3 is 2.38 bits per heavy atom. The molecule has 1 nitrogen and oxygen atoms in total. The van der Waals surface area contributed by atoms with Gasteiger partial charge in [-0.15, -0.1) is 11.8 Å². The Labute approximate surface area is 108 Å². The van der Waals surface area contributed by atoms with Crippen LogP contribution in [0, 0.1) is 0 Å². The van der Waals surface area contributed by atoms with Gasteiger partial charge in [0.05, 0.1) is 0 Å². The monoisotopic (exact) mass is 257 g/mol. The van der Waals surface area contributed by atoms with Crippen LogP contribution in [0.3, 0.4) is 0 Å². The van der Waals surface area contributed by atoms with Crippen LogP contribution in [0.4, 0.5) is 0 Å². The number of nitrogens with one attached hydrogen (secondary N) is 1. The van der Waals surface area contributed by atoms with Crippen LogP contribution < -0.4 is 5.32 Å². The molecule has 0 saturated carbocycles. The third-order valence-electron chi connectivity index (χ3n) is 2.30. The van der Waals surface area contributed by atoms with Gasteiger partial charge in [-0.25, -0.2) is 0 Å². The molecule has 0 bridgehead atoms. The van der Waals surface area contributed by atoms with Crippen molar-refractivity contribution >= 4 is 23.4 Å². The second-order valence-corrected chi connectivity index (χ2v) is 7.22. The van der Waals surface area contributed by atoms with Crippen LogP contribution in [0.5, 0.6) is 0 Å². The predicted molar refractivity (Wildman–Crippen MR) is 74.5 cm³/mol. The van der Waals surface area contributed by atoms with E-state index in [1.54, 1.807) is 0 Å². The molecule has 0 fully saturated rings. The fourth-order valence-corrected chi connectivity index (χ4v) is 2.86. The fraction of sp³-hybridized carbons (Fsp3) is 0.538. The number of hydrogen-bond donors (Lipinski definition) is 1.